The van der Waals surface area contributed by atoms with Gasteiger partial charge in [-0.1, -0.05) is 12.1 Å². The smallest absolute Gasteiger partial charge is 0.124 e. The molecule has 0 spiro atoms. The lowest BCUT2D eigenvalue weighted by Crippen LogP contribution is -1.83. The standard InChI is InChI=1S/C10H9NOS2/c1-12-8-4-2-3-7(5-8)10-11-9(13)6-14-10/h2-6,13H,1H3. The maximum Gasteiger partial charge on any atom is 0.124 e. The maximum absolute atomic E-state index is 5.14. The number of hydrogen-bond acceptors (Lipinski definition) is 4. The number of thiazole rings is 1. The largest absolute Gasteiger partial charge is 0.497 e. The second kappa shape index (κ2) is 4.02. The number of benzene rings is 1. The van der Waals surface area contributed by atoms with E-state index in [1.165, 1.54) is 0 Å². The average molecular weight is 223 g/mol. The summed E-state index contributed by atoms with van der Waals surface area (Å²) in [6.45, 7) is 0. The highest BCUT2D eigenvalue weighted by Gasteiger charge is 2.03. The minimum Gasteiger partial charge on any atom is -0.497 e. The van der Waals surface area contributed by atoms with Crippen molar-refractivity contribution >= 4 is 24.0 Å². The molecule has 0 radical (unpaired) electrons. The van der Waals surface area contributed by atoms with E-state index < -0.39 is 0 Å². The molecule has 4 heteroatoms. The van der Waals surface area contributed by atoms with Crippen LogP contribution in [0.4, 0.5) is 0 Å². The molecule has 72 valence electrons. The number of nitrogens with zero attached hydrogens (tertiary/aromatic N) is 1. The third-order valence-corrected chi connectivity index (χ3v) is 3.10. The van der Waals surface area contributed by atoms with Gasteiger partial charge in [0.05, 0.1) is 7.11 Å². The summed E-state index contributed by atoms with van der Waals surface area (Å²) in [6, 6.07) is 7.84. The van der Waals surface area contributed by atoms with E-state index in [-0.39, 0.29) is 0 Å². The van der Waals surface area contributed by atoms with Gasteiger partial charge in [-0.05, 0) is 12.1 Å². The van der Waals surface area contributed by atoms with E-state index >= 15 is 0 Å². The van der Waals surface area contributed by atoms with Gasteiger partial charge in [0.1, 0.15) is 15.8 Å². The van der Waals surface area contributed by atoms with E-state index in [4.69, 9.17) is 4.74 Å². The molecule has 0 aliphatic carbocycles. The van der Waals surface area contributed by atoms with E-state index in [1.54, 1.807) is 18.4 Å². The van der Waals surface area contributed by atoms with Crippen LogP contribution in [-0.4, -0.2) is 12.1 Å². The van der Waals surface area contributed by atoms with E-state index in [9.17, 15) is 0 Å². The molecule has 0 saturated heterocycles. The van der Waals surface area contributed by atoms with Crippen molar-refractivity contribution in [2.45, 2.75) is 5.03 Å². The van der Waals surface area contributed by atoms with Gasteiger partial charge in [0.2, 0.25) is 0 Å². The van der Waals surface area contributed by atoms with Crippen molar-refractivity contribution in [2.75, 3.05) is 7.11 Å². The van der Waals surface area contributed by atoms with Gasteiger partial charge in [0.25, 0.3) is 0 Å². The van der Waals surface area contributed by atoms with Gasteiger partial charge in [0, 0.05) is 10.9 Å². The summed E-state index contributed by atoms with van der Waals surface area (Å²) in [5, 5.41) is 3.64. The first-order chi connectivity index (χ1) is 6.79. The Morgan fingerprint density at radius 2 is 2.29 bits per heavy atom. The first kappa shape index (κ1) is 9.55. The monoisotopic (exact) mass is 223 g/mol. The molecule has 0 fully saturated rings. The van der Waals surface area contributed by atoms with Crippen LogP contribution in [0.3, 0.4) is 0 Å². The summed E-state index contributed by atoms with van der Waals surface area (Å²) >= 11 is 5.75. The van der Waals surface area contributed by atoms with E-state index in [2.05, 4.69) is 17.6 Å². The Hall–Kier alpha value is -1.00. The summed E-state index contributed by atoms with van der Waals surface area (Å²) < 4.78 is 5.14. The zero-order chi connectivity index (χ0) is 9.97. The van der Waals surface area contributed by atoms with Crippen LogP contribution in [0, 0.1) is 0 Å². The van der Waals surface area contributed by atoms with Crippen molar-refractivity contribution in [3.8, 4) is 16.3 Å². The summed E-state index contributed by atoms with van der Waals surface area (Å²) in [5.74, 6) is 0.846. The topological polar surface area (TPSA) is 22.1 Å². The molecule has 0 aliphatic rings. The van der Waals surface area contributed by atoms with Gasteiger partial charge in [-0.3, -0.25) is 0 Å². The fourth-order valence-corrected chi connectivity index (χ4v) is 2.16. The van der Waals surface area contributed by atoms with Crippen molar-refractivity contribution in [1.82, 2.24) is 4.98 Å². The predicted octanol–water partition coefficient (Wildman–Crippen LogP) is 3.11. The van der Waals surface area contributed by atoms with E-state index in [0.717, 1.165) is 21.3 Å². The van der Waals surface area contributed by atoms with Crippen LogP contribution >= 0.6 is 24.0 Å². The molecular weight excluding hydrogens is 214 g/mol. The minimum atomic E-state index is 0.757. The molecule has 2 aromatic rings. The number of hydrogen-bond donors (Lipinski definition) is 1. The molecule has 0 atom stereocenters. The Morgan fingerprint density at radius 1 is 1.43 bits per heavy atom. The molecule has 0 N–H and O–H groups in total. The lowest BCUT2D eigenvalue weighted by Gasteiger charge is -2.00. The van der Waals surface area contributed by atoms with Crippen LogP contribution in [0.5, 0.6) is 5.75 Å². The molecule has 0 aliphatic heterocycles. The Bertz CT molecular complexity index is 439. The third kappa shape index (κ3) is 1.91. The first-order valence-electron chi connectivity index (χ1n) is 4.08. The molecular formula is C10H9NOS2. The van der Waals surface area contributed by atoms with Crippen LogP contribution in [0.2, 0.25) is 0 Å². The average Bonchev–Trinajstić information content (AvgIpc) is 2.65. The second-order valence-corrected chi connectivity index (χ2v) is 4.06. The minimum absolute atomic E-state index is 0.757. The Morgan fingerprint density at radius 3 is 2.93 bits per heavy atom. The van der Waals surface area contributed by atoms with E-state index in [1.807, 2.05) is 29.6 Å². The van der Waals surface area contributed by atoms with Crippen molar-refractivity contribution in [2.24, 2.45) is 0 Å². The molecule has 2 rings (SSSR count). The number of aromatic nitrogens is 1. The van der Waals surface area contributed by atoms with Gasteiger partial charge in [0.15, 0.2) is 0 Å². The van der Waals surface area contributed by atoms with Crippen molar-refractivity contribution in [3.63, 3.8) is 0 Å². The van der Waals surface area contributed by atoms with Crippen LogP contribution in [0.1, 0.15) is 0 Å². The van der Waals surface area contributed by atoms with Crippen LogP contribution in [0.25, 0.3) is 10.6 Å². The van der Waals surface area contributed by atoms with E-state index in [0.29, 0.717) is 0 Å². The number of ether oxygens (including phenoxy) is 1. The number of thiol groups is 1. The van der Waals surface area contributed by atoms with Crippen LogP contribution in [0.15, 0.2) is 34.7 Å². The zero-order valence-electron chi connectivity index (χ0n) is 7.60. The second-order valence-electron chi connectivity index (χ2n) is 2.74. The lowest BCUT2D eigenvalue weighted by molar-refractivity contribution is 0.415. The van der Waals surface area contributed by atoms with Crippen molar-refractivity contribution < 1.29 is 4.74 Å². The van der Waals surface area contributed by atoms with Gasteiger partial charge >= 0.3 is 0 Å². The lowest BCUT2D eigenvalue weighted by atomic mass is 10.2. The summed E-state index contributed by atoms with van der Waals surface area (Å²) in [7, 11) is 1.66. The molecule has 1 aromatic heterocycles. The Kier molecular flexibility index (Phi) is 2.74. The van der Waals surface area contributed by atoms with Crippen molar-refractivity contribution in [3.05, 3.63) is 29.6 Å². The van der Waals surface area contributed by atoms with Crippen molar-refractivity contribution in [1.29, 1.82) is 0 Å². The fraction of sp³-hybridized carbons (Fsp3) is 0.100. The summed E-state index contributed by atoms with van der Waals surface area (Å²) in [6.07, 6.45) is 0. The van der Waals surface area contributed by atoms with Gasteiger partial charge < -0.3 is 4.74 Å². The number of methoxy groups -OCH3 is 1. The maximum atomic E-state index is 5.14. The predicted molar refractivity (Wildman–Crippen MR) is 61.4 cm³/mol. The fourth-order valence-electron chi connectivity index (χ4n) is 1.15. The SMILES string of the molecule is COc1cccc(-c2nc(S)cs2)c1. The molecule has 1 aromatic carbocycles. The van der Waals surface area contributed by atoms with Gasteiger partial charge in [-0.15, -0.1) is 24.0 Å². The first-order valence-corrected chi connectivity index (χ1v) is 5.41. The Labute approximate surface area is 92.0 Å². The normalized spacial score (nSPS) is 10.1. The summed E-state index contributed by atoms with van der Waals surface area (Å²) in [5.41, 5.74) is 1.06. The third-order valence-electron chi connectivity index (χ3n) is 1.81. The highest BCUT2D eigenvalue weighted by atomic mass is 32.1. The number of rotatable bonds is 2. The zero-order valence-corrected chi connectivity index (χ0v) is 9.31. The highest BCUT2D eigenvalue weighted by Crippen LogP contribution is 2.27. The molecule has 0 saturated carbocycles. The van der Waals surface area contributed by atoms with Crippen LogP contribution in [-0.2, 0) is 0 Å². The van der Waals surface area contributed by atoms with Gasteiger partial charge in [-0.25, -0.2) is 4.98 Å². The molecule has 0 bridgehead atoms. The van der Waals surface area contributed by atoms with Gasteiger partial charge in [-0.2, -0.15) is 0 Å². The quantitative estimate of drug-likeness (QED) is 0.790. The molecule has 2 nitrogen and oxygen atoms in total. The molecule has 0 amide bonds. The molecule has 14 heavy (non-hydrogen) atoms. The molecule has 1 heterocycles. The Balaban J connectivity index is 2.41. The summed E-state index contributed by atoms with van der Waals surface area (Å²) in [4.78, 5) is 4.28. The van der Waals surface area contributed by atoms with Crippen LogP contribution < -0.4 is 4.74 Å². The highest BCUT2D eigenvalue weighted by molar-refractivity contribution is 7.80. The molecule has 0 unspecified atom stereocenters.